The number of aryl methyl sites for hydroxylation is 1. The summed E-state index contributed by atoms with van der Waals surface area (Å²) < 4.78 is 0. The van der Waals surface area contributed by atoms with Crippen molar-refractivity contribution in [2.75, 3.05) is 6.61 Å². The molecule has 0 aliphatic rings. The molecule has 71 valence electrons. The van der Waals surface area contributed by atoms with Gasteiger partial charge in [0.05, 0.1) is 6.61 Å². The van der Waals surface area contributed by atoms with Crippen molar-refractivity contribution in [3.63, 3.8) is 0 Å². The Morgan fingerprint density at radius 2 is 1.54 bits per heavy atom. The standard InChI is InChI=1S/C12H17O/c1-2-3-4-11-5-7-12(8-6-11)9-10-13/h5-8H,2-4,9-10H2,1H3. The van der Waals surface area contributed by atoms with E-state index in [1.807, 2.05) is 0 Å². The molecular formula is C12H17O. The van der Waals surface area contributed by atoms with Crippen LogP contribution in [0.5, 0.6) is 0 Å². The van der Waals surface area contributed by atoms with Gasteiger partial charge >= 0.3 is 0 Å². The fraction of sp³-hybridized carbons (Fsp3) is 0.500. The number of rotatable bonds is 5. The van der Waals surface area contributed by atoms with E-state index in [2.05, 4.69) is 31.2 Å². The van der Waals surface area contributed by atoms with Gasteiger partial charge < -0.3 is 0 Å². The molecule has 0 unspecified atom stereocenters. The van der Waals surface area contributed by atoms with E-state index < -0.39 is 0 Å². The first-order chi connectivity index (χ1) is 6.36. The average molecular weight is 177 g/mol. The molecule has 0 saturated heterocycles. The van der Waals surface area contributed by atoms with E-state index in [9.17, 15) is 5.11 Å². The van der Waals surface area contributed by atoms with Crippen LogP contribution in [-0.2, 0) is 17.9 Å². The molecule has 0 spiro atoms. The van der Waals surface area contributed by atoms with E-state index in [1.165, 1.54) is 18.4 Å². The minimum atomic E-state index is -0.00565. The van der Waals surface area contributed by atoms with Gasteiger partial charge in [-0.15, -0.1) is 0 Å². The van der Waals surface area contributed by atoms with Crippen LogP contribution in [-0.4, -0.2) is 6.61 Å². The quantitative estimate of drug-likeness (QED) is 0.659. The first-order valence-electron chi connectivity index (χ1n) is 5.02. The molecule has 0 aliphatic carbocycles. The summed E-state index contributed by atoms with van der Waals surface area (Å²) in [5.41, 5.74) is 2.55. The molecule has 1 rings (SSSR count). The van der Waals surface area contributed by atoms with Crippen LogP contribution in [0.3, 0.4) is 0 Å². The van der Waals surface area contributed by atoms with Crippen molar-refractivity contribution in [3.8, 4) is 0 Å². The Bertz CT molecular complexity index is 225. The van der Waals surface area contributed by atoms with Gasteiger partial charge in [-0.1, -0.05) is 37.6 Å². The summed E-state index contributed by atoms with van der Waals surface area (Å²) in [5, 5.41) is 10.4. The number of unbranched alkanes of at least 4 members (excludes halogenated alkanes) is 1. The monoisotopic (exact) mass is 177 g/mol. The van der Waals surface area contributed by atoms with Gasteiger partial charge in [0.1, 0.15) is 0 Å². The summed E-state index contributed by atoms with van der Waals surface area (Å²) in [5.74, 6) is 0. The highest BCUT2D eigenvalue weighted by molar-refractivity contribution is 5.22. The van der Waals surface area contributed by atoms with Crippen molar-refractivity contribution >= 4 is 0 Å². The molecule has 1 aromatic carbocycles. The zero-order chi connectivity index (χ0) is 9.52. The third kappa shape index (κ3) is 3.60. The maximum absolute atomic E-state index is 10.4. The van der Waals surface area contributed by atoms with Gasteiger partial charge in [0, 0.05) is 0 Å². The van der Waals surface area contributed by atoms with Gasteiger partial charge in [-0.25, -0.2) is 5.11 Å². The van der Waals surface area contributed by atoms with Gasteiger partial charge in [-0.2, -0.15) is 0 Å². The van der Waals surface area contributed by atoms with Gasteiger partial charge in [-0.05, 0) is 30.4 Å². The maximum atomic E-state index is 10.4. The zero-order valence-electron chi connectivity index (χ0n) is 8.25. The number of hydrogen-bond donors (Lipinski definition) is 0. The van der Waals surface area contributed by atoms with E-state index in [4.69, 9.17) is 0 Å². The van der Waals surface area contributed by atoms with E-state index in [-0.39, 0.29) is 6.61 Å². The molecule has 0 aliphatic heterocycles. The van der Waals surface area contributed by atoms with Gasteiger partial charge in [0.2, 0.25) is 0 Å². The lowest BCUT2D eigenvalue weighted by Crippen LogP contribution is -1.90. The van der Waals surface area contributed by atoms with Crippen LogP contribution in [0.4, 0.5) is 0 Å². The zero-order valence-corrected chi connectivity index (χ0v) is 8.25. The van der Waals surface area contributed by atoms with Gasteiger partial charge in [-0.3, -0.25) is 0 Å². The van der Waals surface area contributed by atoms with Crippen LogP contribution in [0.15, 0.2) is 24.3 Å². The van der Waals surface area contributed by atoms with Crippen molar-refractivity contribution in [1.29, 1.82) is 0 Å². The Morgan fingerprint density at radius 1 is 1.00 bits per heavy atom. The van der Waals surface area contributed by atoms with Crippen molar-refractivity contribution in [2.24, 2.45) is 0 Å². The van der Waals surface area contributed by atoms with E-state index in [1.54, 1.807) is 0 Å². The smallest absolute Gasteiger partial charge is 0.0862 e. The topological polar surface area (TPSA) is 19.9 Å². The SMILES string of the molecule is CCCCc1ccc(CC[O])cc1. The predicted molar refractivity (Wildman–Crippen MR) is 54.3 cm³/mol. The Kier molecular flexibility index (Phi) is 4.55. The summed E-state index contributed by atoms with van der Waals surface area (Å²) in [7, 11) is 0. The first-order valence-corrected chi connectivity index (χ1v) is 5.02. The summed E-state index contributed by atoms with van der Waals surface area (Å²) in [4.78, 5) is 0. The van der Waals surface area contributed by atoms with Crippen LogP contribution in [0.1, 0.15) is 30.9 Å². The first kappa shape index (κ1) is 10.3. The average Bonchev–Trinajstić information content (AvgIpc) is 2.17. The predicted octanol–water partition coefficient (Wildman–Crippen LogP) is 3.00. The summed E-state index contributed by atoms with van der Waals surface area (Å²) in [6, 6.07) is 8.42. The van der Waals surface area contributed by atoms with Gasteiger partial charge in [0.25, 0.3) is 0 Å². The highest BCUT2D eigenvalue weighted by atomic mass is 16.2. The lowest BCUT2D eigenvalue weighted by Gasteiger charge is -2.01. The lowest BCUT2D eigenvalue weighted by molar-refractivity contribution is 0.197. The third-order valence-electron chi connectivity index (χ3n) is 2.23. The van der Waals surface area contributed by atoms with E-state index >= 15 is 0 Å². The van der Waals surface area contributed by atoms with Crippen LogP contribution in [0, 0.1) is 0 Å². The molecule has 0 atom stereocenters. The Hall–Kier alpha value is -0.820. The molecule has 0 heterocycles. The van der Waals surface area contributed by atoms with Crippen LogP contribution >= 0.6 is 0 Å². The highest BCUT2D eigenvalue weighted by Gasteiger charge is 1.94. The largest absolute Gasteiger partial charge is 0.236 e. The normalized spacial score (nSPS) is 10.3. The minimum absolute atomic E-state index is 0.00565. The lowest BCUT2D eigenvalue weighted by atomic mass is 10.1. The summed E-state index contributed by atoms with van der Waals surface area (Å²) >= 11 is 0. The third-order valence-corrected chi connectivity index (χ3v) is 2.23. The van der Waals surface area contributed by atoms with Crippen molar-refractivity contribution in [1.82, 2.24) is 0 Å². The molecule has 0 N–H and O–H groups in total. The Labute approximate surface area is 80.4 Å². The molecule has 13 heavy (non-hydrogen) atoms. The fourth-order valence-electron chi connectivity index (χ4n) is 1.37. The van der Waals surface area contributed by atoms with Crippen LogP contribution < -0.4 is 0 Å². The molecule has 1 radical (unpaired) electrons. The molecule has 0 aromatic heterocycles. The number of benzene rings is 1. The second-order valence-electron chi connectivity index (χ2n) is 3.37. The second-order valence-corrected chi connectivity index (χ2v) is 3.37. The molecule has 1 aromatic rings. The molecule has 1 nitrogen and oxygen atoms in total. The fourth-order valence-corrected chi connectivity index (χ4v) is 1.37. The molecule has 0 amide bonds. The van der Waals surface area contributed by atoms with Crippen LogP contribution in [0.25, 0.3) is 0 Å². The molecular weight excluding hydrogens is 160 g/mol. The highest BCUT2D eigenvalue weighted by Crippen LogP contribution is 2.08. The van der Waals surface area contributed by atoms with Gasteiger partial charge in [0.15, 0.2) is 0 Å². The Morgan fingerprint density at radius 3 is 2.00 bits per heavy atom. The molecule has 0 saturated carbocycles. The summed E-state index contributed by atoms with van der Waals surface area (Å²) in [6.45, 7) is 2.19. The minimum Gasteiger partial charge on any atom is -0.236 e. The van der Waals surface area contributed by atoms with Crippen molar-refractivity contribution in [3.05, 3.63) is 35.4 Å². The van der Waals surface area contributed by atoms with E-state index in [0.717, 1.165) is 12.0 Å². The number of hydrogen-bond acceptors (Lipinski definition) is 0. The Balaban J connectivity index is 2.48. The van der Waals surface area contributed by atoms with Crippen molar-refractivity contribution in [2.45, 2.75) is 32.6 Å². The summed E-state index contributed by atoms with van der Waals surface area (Å²) in [6.07, 6.45) is 4.31. The molecule has 1 heteroatoms. The molecule has 0 bridgehead atoms. The van der Waals surface area contributed by atoms with E-state index in [0.29, 0.717) is 6.42 Å². The van der Waals surface area contributed by atoms with Crippen LogP contribution in [0.2, 0.25) is 0 Å². The van der Waals surface area contributed by atoms with Crippen molar-refractivity contribution < 1.29 is 5.11 Å². The molecule has 0 fully saturated rings. The maximum Gasteiger partial charge on any atom is 0.0862 e. The second kappa shape index (κ2) is 5.76.